The Labute approximate surface area is 125 Å². The summed E-state index contributed by atoms with van der Waals surface area (Å²) in [5.74, 6) is 0.894. The minimum Gasteiger partial charge on any atom is -0.497 e. The number of ether oxygens (including phenoxy) is 1. The van der Waals surface area contributed by atoms with Crippen LogP contribution in [-0.2, 0) is 6.42 Å². The minimum atomic E-state index is -0.471. The lowest BCUT2D eigenvalue weighted by molar-refractivity contribution is 0.169. The van der Waals surface area contributed by atoms with Crippen molar-refractivity contribution >= 4 is 0 Å². The number of rotatable bonds is 5. The predicted molar refractivity (Wildman–Crippen MR) is 83.5 cm³/mol. The third kappa shape index (κ3) is 3.09. The molecule has 2 aromatic carbocycles. The summed E-state index contributed by atoms with van der Waals surface area (Å²) >= 11 is 0. The summed E-state index contributed by atoms with van der Waals surface area (Å²) in [4.78, 5) is 0. The second-order valence-corrected chi connectivity index (χ2v) is 5.49. The molecule has 2 unspecified atom stereocenters. The van der Waals surface area contributed by atoms with Crippen LogP contribution in [0.1, 0.15) is 35.3 Å². The Hall–Kier alpha value is -1.84. The molecule has 3 nitrogen and oxygen atoms in total. The van der Waals surface area contributed by atoms with Crippen molar-refractivity contribution in [3.05, 3.63) is 65.2 Å². The Balaban J connectivity index is 1.65. The van der Waals surface area contributed by atoms with E-state index in [4.69, 9.17) is 4.74 Å². The van der Waals surface area contributed by atoms with Crippen molar-refractivity contribution in [3.8, 4) is 5.75 Å². The maximum atomic E-state index is 10.2. The number of aliphatic hydroxyl groups is 1. The summed E-state index contributed by atoms with van der Waals surface area (Å²) < 4.78 is 5.31. The molecule has 1 aliphatic carbocycles. The van der Waals surface area contributed by atoms with Crippen LogP contribution in [0.15, 0.2) is 48.5 Å². The molecule has 3 heteroatoms. The summed E-state index contributed by atoms with van der Waals surface area (Å²) in [6, 6.07) is 16.3. The van der Waals surface area contributed by atoms with Gasteiger partial charge in [-0.25, -0.2) is 0 Å². The lowest BCUT2D eigenvalue weighted by atomic mass is 10.1. The van der Waals surface area contributed by atoms with Gasteiger partial charge in [0, 0.05) is 12.6 Å². The van der Waals surface area contributed by atoms with E-state index in [9.17, 15) is 5.11 Å². The van der Waals surface area contributed by atoms with E-state index in [1.54, 1.807) is 7.11 Å². The summed E-state index contributed by atoms with van der Waals surface area (Å²) in [6.07, 6.45) is 1.68. The van der Waals surface area contributed by atoms with E-state index in [2.05, 4.69) is 17.4 Å². The fraction of sp³-hybridized carbons (Fsp3) is 0.333. The van der Waals surface area contributed by atoms with Gasteiger partial charge in [-0.2, -0.15) is 0 Å². The van der Waals surface area contributed by atoms with Gasteiger partial charge in [0.2, 0.25) is 0 Å². The SMILES string of the molecule is COc1ccc2c(c1)C(NCC(O)c1ccccc1)CC2. The highest BCUT2D eigenvalue weighted by molar-refractivity contribution is 5.40. The van der Waals surface area contributed by atoms with Crippen LogP contribution in [0.25, 0.3) is 0 Å². The first kappa shape index (κ1) is 14.1. The molecule has 2 atom stereocenters. The van der Waals surface area contributed by atoms with Crippen LogP contribution in [0, 0.1) is 0 Å². The van der Waals surface area contributed by atoms with Gasteiger partial charge in [0.1, 0.15) is 5.75 Å². The molecule has 0 saturated heterocycles. The molecule has 0 aromatic heterocycles. The fourth-order valence-corrected chi connectivity index (χ4v) is 2.97. The Bertz CT molecular complexity index is 597. The zero-order valence-corrected chi connectivity index (χ0v) is 12.3. The fourth-order valence-electron chi connectivity index (χ4n) is 2.97. The number of aliphatic hydroxyl groups excluding tert-OH is 1. The van der Waals surface area contributed by atoms with Crippen molar-refractivity contribution in [1.29, 1.82) is 0 Å². The molecule has 21 heavy (non-hydrogen) atoms. The van der Waals surface area contributed by atoms with Gasteiger partial charge in [-0.15, -0.1) is 0 Å². The molecule has 0 fully saturated rings. The Morgan fingerprint density at radius 3 is 2.81 bits per heavy atom. The highest BCUT2D eigenvalue weighted by Gasteiger charge is 2.23. The summed E-state index contributed by atoms with van der Waals surface area (Å²) in [5.41, 5.74) is 3.63. The molecule has 0 saturated carbocycles. The van der Waals surface area contributed by atoms with E-state index < -0.39 is 6.10 Å². The first-order valence-electron chi connectivity index (χ1n) is 7.41. The Morgan fingerprint density at radius 1 is 1.24 bits per heavy atom. The zero-order chi connectivity index (χ0) is 14.7. The highest BCUT2D eigenvalue weighted by atomic mass is 16.5. The number of aryl methyl sites for hydroxylation is 1. The molecular formula is C18H21NO2. The van der Waals surface area contributed by atoms with Gasteiger partial charge < -0.3 is 15.2 Å². The largest absolute Gasteiger partial charge is 0.497 e. The Morgan fingerprint density at radius 2 is 2.05 bits per heavy atom. The second-order valence-electron chi connectivity index (χ2n) is 5.49. The van der Waals surface area contributed by atoms with Gasteiger partial charge in [-0.3, -0.25) is 0 Å². The van der Waals surface area contributed by atoms with E-state index >= 15 is 0 Å². The van der Waals surface area contributed by atoms with Crippen molar-refractivity contribution in [2.24, 2.45) is 0 Å². The van der Waals surface area contributed by atoms with Crippen LogP contribution in [0.2, 0.25) is 0 Å². The van der Waals surface area contributed by atoms with Gasteiger partial charge in [-0.05, 0) is 41.7 Å². The molecule has 110 valence electrons. The van der Waals surface area contributed by atoms with Gasteiger partial charge >= 0.3 is 0 Å². The monoisotopic (exact) mass is 283 g/mol. The second kappa shape index (κ2) is 6.29. The average Bonchev–Trinajstić information content (AvgIpc) is 2.95. The number of methoxy groups -OCH3 is 1. The predicted octanol–water partition coefficient (Wildman–Crippen LogP) is 3.01. The van der Waals surface area contributed by atoms with Gasteiger partial charge in [0.25, 0.3) is 0 Å². The van der Waals surface area contributed by atoms with Crippen LogP contribution in [0.5, 0.6) is 5.75 Å². The molecule has 0 aliphatic heterocycles. The van der Waals surface area contributed by atoms with Crippen LogP contribution in [-0.4, -0.2) is 18.8 Å². The summed E-state index contributed by atoms with van der Waals surface area (Å²) in [7, 11) is 1.69. The van der Waals surface area contributed by atoms with Crippen LogP contribution < -0.4 is 10.1 Å². The molecular weight excluding hydrogens is 262 g/mol. The molecule has 0 heterocycles. The highest BCUT2D eigenvalue weighted by Crippen LogP contribution is 2.33. The normalized spacial score (nSPS) is 18.3. The first-order valence-corrected chi connectivity index (χ1v) is 7.41. The van der Waals surface area contributed by atoms with Crippen LogP contribution in [0.3, 0.4) is 0 Å². The molecule has 0 spiro atoms. The third-order valence-corrected chi connectivity index (χ3v) is 4.17. The number of hydrogen-bond acceptors (Lipinski definition) is 3. The van der Waals surface area contributed by atoms with Crippen molar-refractivity contribution in [1.82, 2.24) is 5.32 Å². The van der Waals surface area contributed by atoms with E-state index in [0.29, 0.717) is 12.6 Å². The molecule has 0 bridgehead atoms. The molecule has 0 amide bonds. The van der Waals surface area contributed by atoms with Gasteiger partial charge in [0.05, 0.1) is 13.2 Å². The minimum absolute atomic E-state index is 0.300. The number of nitrogens with one attached hydrogen (secondary N) is 1. The van der Waals surface area contributed by atoms with Crippen LogP contribution >= 0.6 is 0 Å². The standard InChI is InChI=1S/C18H21NO2/c1-21-15-9-7-13-8-10-17(16(13)11-15)19-12-18(20)14-5-3-2-4-6-14/h2-7,9,11,17-20H,8,10,12H2,1H3. The number of hydrogen-bond donors (Lipinski definition) is 2. The first-order chi connectivity index (χ1) is 10.3. The summed E-state index contributed by atoms with van der Waals surface area (Å²) in [6.45, 7) is 0.561. The topological polar surface area (TPSA) is 41.5 Å². The van der Waals surface area contributed by atoms with Gasteiger partial charge in [-0.1, -0.05) is 36.4 Å². The van der Waals surface area contributed by atoms with E-state index in [1.165, 1.54) is 11.1 Å². The molecule has 2 aromatic rings. The van der Waals surface area contributed by atoms with Crippen molar-refractivity contribution in [3.63, 3.8) is 0 Å². The van der Waals surface area contributed by atoms with Crippen molar-refractivity contribution in [2.75, 3.05) is 13.7 Å². The van der Waals surface area contributed by atoms with E-state index in [-0.39, 0.29) is 0 Å². The smallest absolute Gasteiger partial charge is 0.119 e. The number of fused-ring (bicyclic) bond motifs is 1. The summed E-state index contributed by atoms with van der Waals surface area (Å²) in [5, 5.41) is 13.7. The number of benzene rings is 2. The third-order valence-electron chi connectivity index (χ3n) is 4.17. The lowest BCUT2D eigenvalue weighted by Gasteiger charge is -2.18. The van der Waals surface area contributed by atoms with Crippen molar-refractivity contribution in [2.45, 2.75) is 25.0 Å². The van der Waals surface area contributed by atoms with Gasteiger partial charge in [0.15, 0.2) is 0 Å². The molecule has 3 rings (SSSR count). The maximum Gasteiger partial charge on any atom is 0.119 e. The molecule has 1 aliphatic rings. The lowest BCUT2D eigenvalue weighted by Crippen LogP contribution is -2.25. The molecule has 2 N–H and O–H groups in total. The zero-order valence-electron chi connectivity index (χ0n) is 12.3. The van der Waals surface area contributed by atoms with E-state index in [0.717, 1.165) is 24.2 Å². The van der Waals surface area contributed by atoms with E-state index in [1.807, 2.05) is 36.4 Å². The average molecular weight is 283 g/mol. The van der Waals surface area contributed by atoms with Crippen molar-refractivity contribution < 1.29 is 9.84 Å². The quantitative estimate of drug-likeness (QED) is 0.886. The van der Waals surface area contributed by atoms with Crippen LogP contribution in [0.4, 0.5) is 0 Å². The molecule has 0 radical (unpaired) electrons. The Kier molecular flexibility index (Phi) is 4.23. The maximum absolute atomic E-state index is 10.2.